The van der Waals surface area contributed by atoms with Crippen LogP contribution in [0.2, 0.25) is 5.04 Å². The highest BCUT2D eigenvalue weighted by Crippen LogP contribution is 2.39. The first-order valence-corrected chi connectivity index (χ1v) is 19.6. The van der Waals surface area contributed by atoms with E-state index in [4.69, 9.17) is 23.4 Å². The number of thioether (sulfide) groups is 1. The Kier molecular flexibility index (Phi) is 13.9. The van der Waals surface area contributed by atoms with Gasteiger partial charge in [-0.25, -0.2) is 4.79 Å². The average molecular weight is 723 g/mol. The van der Waals surface area contributed by atoms with E-state index in [1.807, 2.05) is 43.3 Å². The second kappa shape index (κ2) is 17.8. The minimum Gasteiger partial charge on any atom is -0.465 e. The molecule has 1 saturated heterocycles. The second-order valence-electron chi connectivity index (χ2n) is 12.8. The Morgan fingerprint density at radius 2 is 1.64 bits per heavy atom. The zero-order valence-corrected chi connectivity index (χ0v) is 31.2. The summed E-state index contributed by atoms with van der Waals surface area (Å²) in [7, 11) is -2.99. The molecule has 4 atom stereocenters. The largest absolute Gasteiger partial charge is 0.465 e. The fourth-order valence-electron chi connectivity index (χ4n) is 5.98. The summed E-state index contributed by atoms with van der Waals surface area (Å²) in [5.41, 5.74) is -1.71. The van der Waals surface area contributed by atoms with Crippen LogP contribution >= 0.6 is 11.8 Å². The molecular formula is C37H46N2O9SSi. The standard InChI is InChI=1S/C37H46N2O9SSi/c1-7-8-15-28-23-39(36(43)38-35(28)42)33-22-31(48-34(25-45-27(3)41)49-21-20-44-26(2)40)32(47-33)24-46-50(37(4,5)6,29-16-11-9-12-17-29)30-18-13-10-14-19-30/h9-14,16-19,23,31-34H,7,20-22,24-25H2,1-6H3,(H,38,42,43)/t31?,32-,33-,34?/m1/s1. The summed E-state index contributed by atoms with van der Waals surface area (Å²) in [4.78, 5) is 51.1. The number of nitrogens with one attached hydrogen (secondary N) is 1. The number of rotatable bonds is 14. The molecule has 1 aliphatic heterocycles. The van der Waals surface area contributed by atoms with E-state index in [9.17, 15) is 19.2 Å². The highest BCUT2D eigenvalue weighted by atomic mass is 32.2. The fraction of sp³-hybridized carbons (Fsp3) is 0.459. The van der Waals surface area contributed by atoms with Crippen LogP contribution in [-0.2, 0) is 33.0 Å². The van der Waals surface area contributed by atoms with Gasteiger partial charge in [0.1, 0.15) is 36.5 Å². The van der Waals surface area contributed by atoms with E-state index in [1.165, 1.54) is 36.4 Å². The lowest BCUT2D eigenvalue weighted by Gasteiger charge is -2.43. The van der Waals surface area contributed by atoms with Crippen LogP contribution in [0, 0.1) is 11.8 Å². The Labute approximate surface area is 298 Å². The molecule has 0 amide bonds. The van der Waals surface area contributed by atoms with Gasteiger partial charge in [-0.3, -0.25) is 23.9 Å². The van der Waals surface area contributed by atoms with Crippen molar-refractivity contribution in [3.8, 4) is 11.8 Å². The van der Waals surface area contributed by atoms with Crippen molar-refractivity contribution in [2.45, 2.75) is 83.3 Å². The van der Waals surface area contributed by atoms with Gasteiger partial charge in [0.25, 0.3) is 13.9 Å². The summed E-state index contributed by atoms with van der Waals surface area (Å²) < 4.78 is 32.1. The van der Waals surface area contributed by atoms with Crippen LogP contribution in [-0.4, -0.2) is 73.0 Å². The van der Waals surface area contributed by atoms with Crippen molar-refractivity contribution in [2.24, 2.45) is 0 Å². The maximum Gasteiger partial charge on any atom is 0.330 e. The van der Waals surface area contributed by atoms with Gasteiger partial charge in [0.2, 0.25) is 0 Å². The molecule has 0 spiro atoms. The fourth-order valence-corrected chi connectivity index (χ4v) is 11.4. The van der Waals surface area contributed by atoms with E-state index >= 15 is 0 Å². The lowest BCUT2D eigenvalue weighted by molar-refractivity contribution is -0.145. The van der Waals surface area contributed by atoms with Crippen molar-refractivity contribution in [1.29, 1.82) is 0 Å². The van der Waals surface area contributed by atoms with Gasteiger partial charge in [-0.2, -0.15) is 0 Å². The number of H-pyrrole nitrogens is 1. The Morgan fingerprint density at radius 3 is 2.20 bits per heavy atom. The first-order chi connectivity index (χ1) is 23.9. The Balaban J connectivity index is 1.72. The van der Waals surface area contributed by atoms with Gasteiger partial charge in [-0.05, 0) is 15.4 Å². The molecule has 0 saturated carbocycles. The van der Waals surface area contributed by atoms with Crippen LogP contribution < -0.4 is 21.6 Å². The quantitative estimate of drug-likeness (QED) is 0.0863. The van der Waals surface area contributed by atoms with E-state index in [0.717, 1.165) is 10.4 Å². The van der Waals surface area contributed by atoms with E-state index < -0.39 is 55.4 Å². The minimum absolute atomic E-state index is 0.0567. The SMILES string of the molecule is CCC#Cc1cn([C@H]2CC(OC(COC(C)=O)SCCOC(C)=O)[C@@H](CO[Si](c3ccccc3)(c3ccccc3)C(C)(C)C)O2)c(=O)[nH]c1=O. The molecule has 11 nitrogen and oxygen atoms in total. The smallest absolute Gasteiger partial charge is 0.330 e. The first kappa shape index (κ1) is 38.9. The Hall–Kier alpha value is -3.93. The zero-order valence-electron chi connectivity index (χ0n) is 29.4. The molecule has 4 rings (SSSR count). The maximum absolute atomic E-state index is 13.1. The molecule has 3 aromatic rings. The van der Waals surface area contributed by atoms with Crippen LogP contribution in [0.25, 0.3) is 0 Å². The van der Waals surface area contributed by atoms with Crippen molar-refractivity contribution < 1.29 is 33.0 Å². The number of aromatic nitrogens is 2. The predicted molar refractivity (Wildman–Crippen MR) is 195 cm³/mol. The summed E-state index contributed by atoms with van der Waals surface area (Å²) in [6, 6.07) is 20.4. The molecule has 1 aromatic heterocycles. The van der Waals surface area contributed by atoms with Crippen molar-refractivity contribution in [3.63, 3.8) is 0 Å². The molecule has 2 unspecified atom stereocenters. The Morgan fingerprint density at radius 1 is 1.02 bits per heavy atom. The minimum atomic E-state index is -2.99. The first-order valence-electron chi connectivity index (χ1n) is 16.6. The topological polar surface area (TPSA) is 135 Å². The van der Waals surface area contributed by atoms with Gasteiger partial charge in [0.15, 0.2) is 0 Å². The van der Waals surface area contributed by atoms with Crippen LogP contribution in [0.5, 0.6) is 0 Å². The monoisotopic (exact) mass is 722 g/mol. The average Bonchev–Trinajstić information content (AvgIpc) is 3.47. The molecule has 0 aliphatic carbocycles. The molecule has 1 aliphatic rings. The zero-order chi connectivity index (χ0) is 36.3. The number of esters is 2. The molecule has 0 radical (unpaired) electrons. The van der Waals surface area contributed by atoms with Crippen molar-refractivity contribution >= 4 is 42.4 Å². The van der Waals surface area contributed by atoms with E-state index in [0.29, 0.717) is 12.2 Å². The number of carbonyl (C=O) groups is 2. The van der Waals surface area contributed by atoms with Crippen LogP contribution in [0.15, 0.2) is 76.4 Å². The third kappa shape index (κ3) is 9.86. The number of carbonyl (C=O) groups excluding carboxylic acids is 2. The summed E-state index contributed by atoms with van der Waals surface area (Å²) in [5.74, 6) is 5.23. The van der Waals surface area contributed by atoms with Crippen molar-refractivity contribution in [3.05, 3.63) is 93.3 Å². The van der Waals surface area contributed by atoms with Gasteiger partial charge in [0, 0.05) is 38.6 Å². The molecule has 1 fully saturated rings. The number of aromatic amines is 1. The number of hydrogen-bond donors (Lipinski definition) is 1. The molecule has 2 aromatic carbocycles. The lowest BCUT2D eigenvalue weighted by atomic mass is 10.2. The molecular weight excluding hydrogens is 677 g/mol. The van der Waals surface area contributed by atoms with Gasteiger partial charge < -0.3 is 23.4 Å². The van der Waals surface area contributed by atoms with Gasteiger partial charge in [0.05, 0.1) is 12.7 Å². The normalized spacial score (nSPS) is 18.2. The van der Waals surface area contributed by atoms with Crippen molar-refractivity contribution in [1.82, 2.24) is 9.55 Å². The lowest BCUT2D eigenvalue weighted by Crippen LogP contribution is -2.67. The highest BCUT2D eigenvalue weighted by molar-refractivity contribution is 7.99. The number of ether oxygens (including phenoxy) is 4. The molecule has 50 heavy (non-hydrogen) atoms. The second-order valence-corrected chi connectivity index (χ2v) is 18.4. The van der Waals surface area contributed by atoms with Crippen molar-refractivity contribution in [2.75, 3.05) is 25.6 Å². The predicted octanol–water partition coefficient (Wildman–Crippen LogP) is 3.73. The molecule has 2 heterocycles. The molecule has 268 valence electrons. The highest BCUT2D eigenvalue weighted by Gasteiger charge is 2.51. The Bertz CT molecular complexity index is 1720. The van der Waals surface area contributed by atoms with E-state index in [-0.39, 0.29) is 36.8 Å². The summed E-state index contributed by atoms with van der Waals surface area (Å²) >= 11 is 1.33. The molecule has 1 N–H and O–H groups in total. The number of nitrogens with zero attached hydrogens (tertiary/aromatic N) is 1. The molecule has 13 heteroatoms. The summed E-state index contributed by atoms with van der Waals surface area (Å²) in [6.45, 7) is 11.3. The third-order valence-electron chi connectivity index (χ3n) is 8.18. The maximum atomic E-state index is 13.1. The van der Waals surface area contributed by atoms with Crippen LogP contribution in [0.1, 0.15) is 66.2 Å². The van der Waals surface area contributed by atoms with E-state index in [2.05, 4.69) is 61.9 Å². The van der Waals surface area contributed by atoms with E-state index in [1.54, 1.807) is 0 Å². The van der Waals surface area contributed by atoms with Gasteiger partial charge >= 0.3 is 17.6 Å². The number of hydrogen-bond acceptors (Lipinski definition) is 10. The summed E-state index contributed by atoms with van der Waals surface area (Å²) in [6.07, 6.45) is 0.0710. The number of benzene rings is 2. The summed E-state index contributed by atoms with van der Waals surface area (Å²) in [5, 5.41) is 1.88. The van der Waals surface area contributed by atoms with Crippen LogP contribution in [0.3, 0.4) is 0 Å². The molecule has 0 bridgehead atoms. The van der Waals surface area contributed by atoms with Gasteiger partial charge in [-0.1, -0.05) is 100 Å². The third-order valence-corrected chi connectivity index (χ3v) is 14.2. The van der Waals surface area contributed by atoms with Crippen LogP contribution in [0.4, 0.5) is 0 Å². The van der Waals surface area contributed by atoms with Gasteiger partial charge in [-0.15, -0.1) is 11.8 Å².